The van der Waals surface area contributed by atoms with Crippen LogP contribution in [0.2, 0.25) is 0 Å². The zero-order valence-electron chi connectivity index (χ0n) is 24.5. The highest BCUT2D eigenvalue weighted by Gasteiger charge is 2.51. The minimum atomic E-state index is -0.362. The molecule has 3 aromatic rings. The maximum Gasteiger partial charge on any atom is 0.306 e. The number of thioether (sulfide) groups is 3. The molecule has 1 saturated heterocycles. The maximum atomic E-state index is 12.9. The third-order valence-electron chi connectivity index (χ3n) is 7.67. The second-order valence-corrected chi connectivity index (χ2v) is 15.7. The van der Waals surface area contributed by atoms with Gasteiger partial charge in [0, 0.05) is 20.6 Å². The molecule has 1 fully saturated rings. The van der Waals surface area contributed by atoms with Gasteiger partial charge in [-0.1, -0.05) is 161 Å². The van der Waals surface area contributed by atoms with Crippen molar-refractivity contribution in [3.05, 3.63) is 91.0 Å². The Kier molecular flexibility index (Phi) is 14.1. The molecule has 1 aliphatic rings. The van der Waals surface area contributed by atoms with Crippen molar-refractivity contribution in [2.45, 2.75) is 115 Å². The van der Waals surface area contributed by atoms with E-state index in [1.807, 2.05) is 35.3 Å². The van der Waals surface area contributed by atoms with E-state index >= 15 is 0 Å². The molecule has 1 heterocycles. The van der Waals surface area contributed by atoms with Crippen molar-refractivity contribution in [3.63, 3.8) is 0 Å². The summed E-state index contributed by atoms with van der Waals surface area (Å²) in [5.41, 5.74) is 0. The van der Waals surface area contributed by atoms with Crippen LogP contribution in [0.15, 0.2) is 106 Å². The zero-order valence-corrected chi connectivity index (χ0v) is 27.0. The summed E-state index contributed by atoms with van der Waals surface area (Å²) < 4.78 is 5.74. The van der Waals surface area contributed by atoms with Crippen LogP contribution in [0.25, 0.3) is 0 Å². The normalized spacial score (nSPS) is 17.0. The highest BCUT2D eigenvalue weighted by atomic mass is 32.3. The quantitative estimate of drug-likeness (QED) is 0.0585. The molecule has 2 atom stereocenters. The Morgan fingerprint density at radius 3 is 1.41 bits per heavy atom. The van der Waals surface area contributed by atoms with Gasteiger partial charge >= 0.3 is 5.97 Å². The summed E-state index contributed by atoms with van der Waals surface area (Å²) in [6.07, 6.45) is 15.9. The van der Waals surface area contributed by atoms with E-state index in [0.717, 1.165) is 12.8 Å². The molecule has 1 aliphatic heterocycles. The van der Waals surface area contributed by atoms with Crippen molar-refractivity contribution in [2.24, 2.45) is 5.92 Å². The fraction of sp³-hybridized carbons (Fsp3) is 0.472. The van der Waals surface area contributed by atoms with Gasteiger partial charge in [0.05, 0.1) is 6.42 Å². The number of hydrogen-bond acceptors (Lipinski definition) is 5. The van der Waals surface area contributed by atoms with Crippen LogP contribution in [-0.2, 0) is 9.53 Å². The van der Waals surface area contributed by atoms with Crippen LogP contribution in [0, 0.1) is 5.92 Å². The van der Waals surface area contributed by atoms with Crippen LogP contribution in [0.5, 0.6) is 0 Å². The molecule has 0 aliphatic carbocycles. The van der Waals surface area contributed by atoms with Gasteiger partial charge in [-0.2, -0.15) is 0 Å². The van der Waals surface area contributed by atoms with Gasteiger partial charge in [-0.15, -0.1) is 0 Å². The number of carbonyl (C=O) groups excluding carboxylic acids is 1. The third-order valence-corrected chi connectivity index (χ3v) is 12.5. The number of benzene rings is 3. The molecular formula is C36H46O2S3. The number of carbonyl (C=O) groups is 1. The Morgan fingerprint density at radius 2 is 1.00 bits per heavy atom. The van der Waals surface area contributed by atoms with Crippen LogP contribution < -0.4 is 0 Å². The first-order valence-corrected chi connectivity index (χ1v) is 18.0. The molecule has 3 aromatic carbocycles. The van der Waals surface area contributed by atoms with Crippen LogP contribution >= 0.6 is 35.3 Å². The highest BCUT2D eigenvalue weighted by Crippen LogP contribution is 2.62. The first-order valence-electron chi connectivity index (χ1n) is 15.6. The second kappa shape index (κ2) is 18.0. The Hall–Kier alpha value is -1.82. The second-order valence-electron chi connectivity index (χ2n) is 11.0. The largest absolute Gasteiger partial charge is 0.462 e. The molecule has 0 N–H and O–H groups in total. The minimum absolute atomic E-state index is 0.0524. The fourth-order valence-corrected chi connectivity index (χ4v) is 10.7. The van der Waals surface area contributed by atoms with E-state index in [-0.39, 0.29) is 21.4 Å². The Balaban J connectivity index is 1.46. The predicted molar refractivity (Wildman–Crippen MR) is 179 cm³/mol. The van der Waals surface area contributed by atoms with Crippen molar-refractivity contribution >= 4 is 41.3 Å². The van der Waals surface area contributed by atoms with Crippen molar-refractivity contribution < 1.29 is 9.53 Å². The molecule has 4 rings (SSSR count). The smallest absolute Gasteiger partial charge is 0.306 e. The Bertz CT molecular complexity index is 1020. The zero-order chi connectivity index (χ0) is 28.6. The first-order chi connectivity index (χ1) is 20.2. The highest BCUT2D eigenvalue weighted by molar-refractivity contribution is 8.33. The van der Waals surface area contributed by atoms with Crippen LogP contribution in [0.3, 0.4) is 0 Å². The lowest BCUT2D eigenvalue weighted by Gasteiger charge is -2.39. The molecule has 0 saturated carbocycles. The predicted octanol–water partition coefficient (Wildman–Crippen LogP) is 11.6. The van der Waals surface area contributed by atoms with E-state index < -0.39 is 0 Å². The van der Waals surface area contributed by atoms with Gasteiger partial charge in [0.2, 0.25) is 0 Å². The number of rotatable bonds is 19. The Morgan fingerprint density at radius 1 is 0.610 bits per heavy atom. The van der Waals surface area contributed by atoms with Crippen LogP contribution in [-0.4, -0.2) is 15.5 Å². The number of cyclic esters (lactones) is 1. The maximum absolute atomic E-state index is 12.9. The molecule has 5 heteroatoms. The van der Waals surface area contributed by atoms with Crippen molar-refractivity contribution in [3.8, 4) is 0 Å². The van der Waals surface area contributed by atoms with E-state index in [1.54, 1.807) is 0 Å². The monoisotopic (exact) mass is 606 g/mol. The molecule has 0 amide bonds. The van der Waals surface area contributed by atoms with Gasteiger partial charge in [-0.25, -0.2) is 0 Å². The van der Waals surface area contributed by atoms with Crippen molar-refractivity contribution in [1.82, 2.24) is 0 Å². The van der Waals surface area contributed by atoms with Crippen molar-refractivity contribution in [2.75, 3.05) is 0 Å². The molecule has 220 valence electrons. The van der Waals surface area contributed by atoms with E-state index in [9.17, 15) is 4.79 Å². The Labute approximate surface area is 261 Å². The lowest BCUT2D eigenvalue weighted by molar-refractivity contribution is -0.141. The molecule has 0 unspecified atom stereocenters. The van der Waals surface area contributed by atoms with Crippen molar-refractivity contribution in [1.29, 1.82) is 0 Å². The molecular weight excluding hydrogens is 561 g/mol. The SMILES string of the molecule is CCCCCCCCCCCCC[C@H]1OC(=O)C[C@@H]1C(Sc1ccccc1)(Sc1ccccc1)Sc1ccccc1. The summed E-state index contributed by atoms with van der Waals surface area (Å²) in [5, 5.41) is 0. The van der Waals surface area contributed by atoms with E-state index in [4.69, 9.17) is 4.74 Å². The summed E-state index contributed by atoms with van der Waals surface area (Å²) in [5.74, 6) is 0.0298. The van der Waals surface area contributed by atoms with Crippen LogP contribution in [0.1, 0.15) is 90.4 Å². The van der Waals surface area contributed by atoms with E-state index in [2.05, 4.69) is 97.9 Å². The molecule has 0 bridgehead atoms. The average molecular weight is 607 g/mol. The molecule has 0 aromatic heterocycles. The number of unbranched alkanes of at least 4 members (excludes halogenated alkanes) is 10. The molecule has 2 nitrogen and oxygen atoms in total. The summed E-state index contributed by atoms with van der Waals surface area (Å²) >= 11 is 5.65. The summed E-state index contributed by atoms with van der Waals surface area (Å²) in [6, 6.07) is 31.9. The van der Waals surface area contributed by atoms with Gasteiger partial charge in [-0.05, 0) is 49.2 Å². The van der Waals surface area contributed by atoms with Gasteiger partial charge < -0.3 is 4.74 Å². The lowest BCUT2D eigenvalue weighted by Crippen LogP contribution is -2.34. The molecule has 41 heavy (non-hydrogen) atoms. The average Bonchev–Trinajstić information content (AvgIpc) is 3.38. The van der Waals surface area contributed by atoms with E-state index in [1.165, 1.54) is 78.9 Å². The standard InChI is InChI=1S/C36H46O2S3/c1-2-3-4-5-6-7-8-9-10-11-21-28-34-33(29-35(37)38-34)36(39-30-22-15-12-16-23-30,40-31-24-17-13-18-25-31)41-32-26-19-14-20-27-32/h12-20,22-27,33-34H,2-11,21,28-29H2,1H3/t33-,34+/m0/s1. The molecule has 0 radical (unpaired) electrons. The molecule has 0 spiro atoms. The van der Waals surface area contributed by atoms with Crippen LogP contribution in [0.4, 0.5) is 0 Å². The number of hydrogen-bond donors (Lipinski definition) is 0. The number of esters is 1. The topological polar surface area (TPSA) is 26.3 Å². The van der Waals surface area contributed by atoms with Gasteiger partial charge in [0.25, 0.3) is 0 Å². The van der Waals surface area contributed by atoms with Gasteiger partial charge in [-0.3, -0.25) is 4.79 Å². The third kappa shape index (κ3) is 10.8. The lowest BCUT2D eigenvalue weighted by atomic mass is 9.97. The minimum Gasteiger partial charge on any atom is -0.462 e. The first kappa shape index (κ1) is 32.1. The van der Waals surface area contributed by atoms with E-state index in [0.29, 0.717) is 6.42 Å². The summed E-state index contributed by atoms with van der Waals surface area (Å²) in [7, 11) is 0. The summed E-state index contributed by atoms with van der Waals surface area (Å²) in [6.45, 7) is 2.28. The summed E-state index contributed by atoms with van der Waals surface area (Å²) in [4.78, 5) is 16.6. The fourth-order valence-electron chi connectivity index (χ4n) is 5.48. The van der Waals surface area contributed by atoms with Gasteiger partial charge in [0.1, 0.15) is 9.52 Å². The van der Waals surface area contributed by atoms with Gasteiger partial charge in [0.15, 0.2) is 0 Å². The number of ether oxygens (including phenoxy) is 1.